The van der Waals surface area contributed by atoms with Gasteiger partial charge in [-0.25, -0.2) is 4.39 Å². The van der Waals surface area contributed by atoms with Crippen molar-refractivity contribution in [1.29, 1.82) is 0 Å². The molecule has 0 fully saturated rings. The summed E-state index contributed by atoms with van der Waals surface area (Å²) in [5, 5.41) is 12.6. The summed E-state index contributed by atoms with van der Waals surface area (Å²) in [4.78, 5) is 0. The molecule has 2 aromatic rings. The van der Waals surface area contributed by atoms with Crippen LogP contribution >= 0.6 is 0 Å². The van der Waals surface area contributed by atoms with Gasteiger partial charge in [-0.1, -0.05) is 18.2 Å². The molecule has 0 spiro atoms. The van der Waals surface area contributed by atoms with Crippen molar-refractivity contribution in [1.82, 2.24) is 5.32 Å². The van der Waals surface area contributed by atoms with Gasteiger partial charge < -0.3 is 19.9 Å². The Morgan fingerprint density at radius 2 is 1.83 bits per heavy atom. The lowest BCUT2D eigenvalue weighted by Gasteiger charge is -2.19. The van der Waals surface area contributed by atoms with E-state index in [1.807, 2.05) is 30.3 Å². The number of benzene rings is 2. The first-order valence-electron chi connectivity index (χ1n) is 7.48. The molecular formula is C18H22FNO3. The summed E-state index contributed by atoms with van der Waals surface area (Å²) in [5.74, 6) is 0.638. The van der Waals surface area contributed by atoms with Crippen molar-refractivity contribution < 1.29 is 19.0 Å². The lowest BCUT2D eigenvalue weighted by molar-refractivity contribution is 0.265. The average Bonchev–Trinajstić information content (AvgIpc) is 2.59. The molecule has 0 aliphatic rings. The molecule has 0 saturated heterocycles. The maximum atomic E-state index is 13.7. The first-order chi connectivity index (χ1) is 11.2. The average molecular weight is 319 g/mol. The minimum absolute atomic E-state index is 0.0175. The van der Waals surface area contributed by atoms with E-state index in [0.717, 1.165) is 16.9 Å². The van der Waals surface area contributed by atoms with E-state index in [1.54, 1.807) is 13.2 Å². The molecule has 2 aromatic carbocycles. The van der Waals surface area contributed by atoms with Crippen LogP contribution in [-0.4, -0.2) is 25.9 Å². The van der Waals surface area contributed by atoms with E-state index in [0.29, 0.717) is 13.0 Å². The molecule has 0 aromatic heterocycles. The third-order valence-corrected chi connectivity index (χ3v) is 3.70. The minimum atomic E-state index is -0.380. The van der Waals surface area contributed by atoms with Gasteiger partial charge in [0.1, 0.15) is 5.75 Å². The molecule has 0 aliphatic heterocycles. The van der Waals surface area contributed by atoms with Gasteiger partial charge in [0.25, 0.3) is 0 Å². The van der Waals surface area contributed by atoms with E-state index in [2.05, 4.69) is 5.32 Å². The van der Waals surface area contributed by atoms with Crippen LogP contribution in [0.4, 0.5) is 4.39 Å². The van der Waals surface area contributed by atoms with Gasteiger partial charge in [0, 0.05) is 19.2 Å². The fourth-order valence-electron chi connectivity index (χ4n) is 2.41. The molecule has 1 unspecified atom stereocenters. The van der Waals surface area contributed by atoms with E-state index < -0.39 is 0 Å². The summed E-state index contributed by atoms with van der Waals surface area (Å²) in [6.45, 7) is 0.568. The summed E-state index contributed by atoms with van der Waals surface area (Å²) in [6, 6.07) is 12.6. The Labute approximate surface area is 135 Å². The van der Waals surface area contributed by atoms with E-state index in [9.17, 15) is 9.50 Å². The molecule has 1 atom stereocenters. The summed E-state index contributed by atoms with van der Waals surface area (Å²) < 4.78 is 23.8. The summed E-state index contributed by atoms with van der Waals surface area (Å²) >= 11 is 0. The van der Waals surface area contributed by atoms with E-state index >= 15 is 0 Å². The van der Waals surface area contributed by atoms with Crippen LogP contribution in [0.25, 0.3) is 0 Å². The Hall–Kier alpha value is -2.11. The molecular weight excluding hydrogens is 297 g/mol. The quantitative estimate of drug-likeness (QED) is 0.785. The van der Waals surface area contributed by atoms with Gasteiger partial charge in [-0.05, 0) is 41.8 Å². The van der Waals surface area contributed by atoms with E-state index in [1.165, 1.54) is 13.2 Å². The molecule has 124 valence electrons. The highest BCUT2D eigenvalue weighted by atomic mass is 19.1. The Bertz CT molecular complexity index is 616. The first kappa shape index (κ1) is 17.2. The second-order valence-electron chi connectivity index (χ2n) is 5.19. The Kier molecular flexibility index (Phi) is 6.38. The SMILES string of the molecule is COc1ccc(C(CCO)NCc2ccc(OC)c(F)c2)cc1. The van der Waals surface area contributed by atoms with Crippen LogP contribution in [0.2, 0.25) is 0 Å². The lowest BCUT2D eigenvalue weighted by Crippen LogP contribution is -2.22. The fourth-order valence-corrected chi connectivity index (χ4v) is 2.41. The highest BCUT2D eigenvalue weighted by Gasteiger charge is 2.11. The number of hydrogen-bond donors (Lipinski definition) is 2. The smallest absolute Gasteiger partial charge is 0.165 e. The second-order valence-corrected chi connectivity index (χ2v) is 5.19. The van der Waals surface area contributed by atoms with E-state index in [4.69, 9.17) is 9.47 Å². The van der Waals surface area contributed by atoms with Gasteiger partial charge in [0.05, 0.1) is 14.2 Å². The van der Waals surface area contributed by atoms with Crippen molar-refractivity contribution in [3.8, 4) is 11.5 Å². The monoisotopic (exact) mass is 319 g/mol. The first-order valence-corrected chi connectivity index (χ1v) is 7.48. The van der Waals surface area contributed by atoms with Gasteiger partial charge in [-0.3, -0.25) is 0 Å². The number of methoxy groups -OCH3 is 2. The normalized spacial score (nSPS) is 12.0. The molecule has 23 heavy (non-hydrogen) atoms. The molecule has 2 rings (SSSR count). The number of nitrogens with one attached hydrogen (secondary N) is 1. The second kappa shape index (κ2) is 8.50. The fraction of sp³-hybridized carbons (Fsp3) is 0.333. The summed E-state index contributed by atoms with van der Waals surface area (Å²) in [7, 11) is 3.06. The van der Waals surface area contributed by atoms with Crippen molar-refractivity contribution in [3.05, 3.63) is 59.4 Å². The topological polar surface area (TPSA) is 50.7 Å². The molecule has 5 heteroatoms. The number of ether oxygens (including phenoxy) is 2. The number of halogens is 1. The van der Waals surface area contributed by atoms with Crippen molar-refractivity contribution >= 4 is 0 Å². The van der Waals surface area contributed by atoms with Gasteiger partial charge >= 0.3 is 0 Å². The van der Waals surface area contributed by atoms with Crippen LogP contribution in [0.1, 0.15) is 23.6 Å². The zero-order valence-electron chi connectivity index (χ0n) is 13.4. The van der Waals surface area contributed by atoms with Crippen molar-refractivity contribution in [2.75, 3.05) is 20.8 Å². The van der Waals surface area contributed by atoms with Crippen LogP contribution in [0.5, 0.6) is 11.5 Å². The predicted molar refractivity (Wildman–Crippen MR) is 87.2 cm³/mol. The highest BCUT2D eigenvalue weighted by Crippen LogP contribution is 2.22. The van der Waals surface area contributed by atoms with Crippen LogP contribution < -0.4 is 14.8 Å². The maximum absolute atomic E-state index is 13.7. The van der Waals surface area contributed by atoms with Gasteiger partial charge in [0.15, 0.2) is 11.6 Å². The molecule has 0 heterocycles. The number of hydrogen-bond acceptors (Lipinski definition) is 4. The Morgan fingerprint density at radius 1 is 1.09 bits per heavy atom. The summed E-state index contributed by atoms with van der Waals surface area (Å²) in [6.07, 6.45) is 0.574. The maximum Gasteiger partial charge on any atom is 0.165 e. The van der Waals surface area contributed by atoms with Crippen LogP contribution in [-0.2, 0) is 6.54 Å². The van der Waals surface area contributed by atoms with Crippen molar-refractivity contribution in [2.24, 2.45) is 0 Å². The molecule has 0 amide bonds. The standard InChI is InChI=1S/C18H22FNO3/c1-22-15-6-4-14(5-7-15)17(9-10-21)20-12-13-3-8-18(23-2)16(19)11-13/h3-8,11,17,20-21H,9-10,12H2,1-2H3. The van der Waals surface area contributed by atoms with Crippen molar-refractivity contribution in [3.63, 3.8) is 0 Å². The molecule has 2 N–H and O–H groups in total. The molecule has 4 nitrogen and oxygen atoms in total. The Balaban J connectivity index is 2.05. The predicted octanol–water partition coefficient (Wildman–Crippen LogP) is 3.06. The third-order valence-electron chi connectivity index (χ3n) is 3.70. The largest absolute Gasteiger partial charge is 0.497 e. The summed E-state index contributed by atoms with van der Waals surface area (Å²) in [5.41, 5.74) is 1.87. The zero-order chi connectivity index (χ0) is 16.7. The van der Waals surface area contributed by atoms with Crippen molar-refractivity contribution in [2.45, 2.75) is 19.0 Å². The number of aliphatic hydroxyl groups excluding tert-OH is 1. The lowest BCUT2D eigenvalue weighted by atomic mass is 10.0. The van der Waals surface area contributed by atoms with Gasteiger partial charge in [0.2, 0.25) is 0 Å². The minimum Gasteiger partial charge on any atom is -0.497 e. The molecule has 0 aliphatic carbocycles. The van der Waals surface area contributed by atoms with E-state index in [-0.39, 0.29) is 24.2 Å². The number of aliphatic hydroxyl groups is 1. The molecule has 0 bridgehead atoms. The van der Waals surface area contributed by atoms with Crippen LogP contribution in [0.15, 0.2) is 42.5 Å². The highest BCUT2D eigenvalue weighted by molar-refractivity contribution is 5.31. The molecule has 0 radical (unpaired) electrons. The number of rotatable bonds is 8. The third kappa shape index (κ3) is 4.68. The van der Waals surface area contributed by atoms with Gasteiger partial charge in [-0.2, -0.15) is 0 Å². The van der Waals surface area contributed by atoms with Gasteiger partial charge in [-0.15, -0.1) is 0 Å². The Morgan fingerprint density at radius 3 is 2.39 bits per heavy atom. The molecule has 0 saturated carbocycles. The van der Waals surface area contributed by atoms with Crippen LogP contribution in [0.3, 0.4) is 0 Å². The van der Waals surface area contributed by atoms with Crippen LogP contribution in [0, 0.1) is 5.82 Å². The zero-order valence-corrected chi connectivity index (χ0v) is 13.4.